The molecule has 4 atom stereocenters. The highest BCUT2D eigenvalue weighted by molar-refractivity contribution is 5.35. The van der Waals surface area contributed by atoms with Gasteiger partial charge in [-0.05, 0) is 74.8 Å². The summed E-state index contributed by atoms with van der Waals surface area (Å²) >= 11 is 0. The van der Waals surface area contributed by atoms with Crippen molar-refractivity contribution in [2.75, 3.05) is 13.7 Å². The van der Waals surface area contributed by atoms with E-state index in [1.807, 2.05) is 81.4 Å². The Morgan fingerprint density at radius 2 is 1.24 bits per heavy atom. The molecule has 0 amide bonds. The van der Waals surface area contributed by atoms with Gasteiger partial charge in [-0.25, -0.2) is 9.36 Å². The van der Waals surface area contributed by atoms with Crippen molar-refractivity contribution >= 4 is 0 Å². The summed E-state index contributed by atoms with van der Waals surface area (Å²) in [7, 11) is 1.32. The molecule has 0 fully saturated rings. The fourth-order valence-electron chi connectivity index (χ4n) is 5.45. The van der Waals surface area contributed by atoms with Crippen molar-refractivity contribution in [3.63, 3.8) is 0 Å². The second-order valence-electron chi connectivity index (χ2n) is 10.6. The molecule has 0 saturated heterocycles. The quantitative estimate of drug-likeness (QED) is 0.185. The molecule has 16 nitrogen and oxygen atoms in total. The van der Waals surface area contributed by atoms with Crippen molar-refractivity contribution in [3.8, 4) is 5.69 Å². The van der Waals surface area contributed by atoms with Crippen LogP contribution in [0.3, 0.4) is 0 Å². The molecule has 16 heteroatoms. The summed E-state index contributed by atoms with van der Waals surface area (Å²) in [6.07, 6.45) is 3.74. The second-order valence-corrected chi connectivity index (χ2v) is 10.6. The number of ether oxygens (including phenoxy) is 2. The zero-order valence-corrected chi connectivity index (χ0v) is 25.7. The minimum absolute atomic E-state index is 0.00901. The molecule has 4 aromatic heterocycles. The molecule has 0 saturated carbocycles. The molecule has 46 heavy (non-hydrogen) atoms. The molecular weight excluding hydrogens is 590 g/mol. The lowest BCUT2D eigenvalue weighted by Crippen LogP contribution is -2.58. The molecule has 0 aliphatic carbocycles. The van der Waals surface area contributed by atoms with E-state index in [0.717, 1.165) is 11.1 Å². The van der Waals surface area contributed by atoms with Crippen LogP contribution in [-0.4, -0.2) is 84.4 Å². The van der Waals surface area contributed by atoms with E-state index in [-0.39, 0.29) is 24.1 Å². The van der Waals surface area contributed by atoms with Crippen LogP contribution >= 0.6 is 0 Å². The number of hydrogen-bond acceptors (Lipinski definition) is 13. The van der Waals surface area contributed by atoms with Gasteiger partial charge in [0.05, 0.1) is 17.8 Å². The molecule has 0 radical (unpaired) electrons. The summed E-state index contributed by atoms with van der Waals surface area (Å²) < 4.78 is 17.3. The Labute approximate surface area is 264 Å². The van der Waals surface area contributed by atoms with Crippen LogP contribution in [0.2, 0.25) is 0 Å². The van der Waals surface area contributed by atoms with Crippen LogP contribution in [0.25, 0.3) is 5.69 Å². The van der Waals surface area contributed by atoms with Gasteiger partial charge in [-0.3, -0.25) is 4.98 Å². The minimum Gasteiger partial charge on any atom is -0.356 e. The number of tetrazole rings is 3. The molecule has 1 N–H and O–H groups in total. The van der Waals surface area contributed by atoms with E-state index in [1.54, 1.807) is 29.2 Å². The number of benzene rings is 2. The molecule has 6 aromatic rings. The smallest absolute Gasteiger partial charge is 0.275 e. The van der Waals surface area contributed by atoms with Gasteiger partial charge in [0, 0.05) is 26.1 Å². The summed E-state index contributed by atoms with van der Waals surface area (Å²) in [5.41, 5.74) is 0.168. The number of hydrogen-bond donors (Lipinski definition) is 1. The van der Waals surface area contributed by atoms with Crippen LogP contribution in [0, 0.1) is 0 Å². The van der Waals surface area contributed by atoms with E-state index in [1.165, 1.54) is 16.5 Å². The molecule has 6 rings (SSSR count). The summed E-state index contributed by atoms with van der Waals surface area (Å²) in [6.45, 7) is 5.87. The Bertz CT molecular complexity index is 1850. The van der Waals surface area contributed by atoms with Gasteiger partial charge in [0.25, 0.3) is 11.4 Å². The Morgan fingerprint density at radius 1 is 0.717 bits per heavy atom. The Kier molecular flexibility index (Phi) is 8.65. The maximum atomic E-state index is 13.1. The number of rotatable bonds is 13. The topological polar surface area (TPSA) is 182 Å². The van der Waals surface area contributed by atoms with E-state index in [4.69, 9.17) is 9.47 Å². The van der Waals surface area contributed by atoms with E-state index in [9.17, 15) is 5.11 Å². The minimum atomic E-state index is -2.52. The molecule has 0 aliphatic rings. The van der Waals surface area contributed by atoms with Gasteiger partial charge >= 0.3 is 0 Å². The fourth-order valence-corrected chi connectivity index (χ4v) is 5.45. The van der Waals surface area contributed by atoms with Crippen LogP contribution in [0.1, 0.15) is 67.9 Å². The van der Waals surface area contributed by atoms with Crippen LogP contribution in [0.4, 0.5) is 0 Å². The summed E-state index contributed by atoms with van der Waals surface area (Å²) in [6, 6.07) is 21.9. The number of aromatic nitrogens is 13. The molecular formula is C30H33N13O3. The number of pyridine rings is 1. The maximum absolute atomic E-state index is 13.1. The van der Waals surface area contributed by atoms with Crippen molar-refractivity contribution in [2.45, 2.75) is 50.7 Å². The third-order valence-corrected chi connectivity index (χ3v) is 7.89. The summed E-state index contributed by atoms with van der Waals surface area (Å²) in [4.78, 5) is 4.13. The largest absolute Gasteiger partial charge is 0.356 e. The van der Waals surface area contributed by atoms with Gasteiger partial charge in [-0.1, -0.05) is 67.6 Å². The number of nitrogens with zero attached hydrogens (tertiary/aromatic N) is 13. The lowest BCUT2D eigenvalue weighted by atomic mass is 9.87. The molecule has 236 valence electrons. The Hall–Kier alpha value is -5.32. The van der Waals surface area contributed by atoms with Gasteiger partial charge < -0.3 is 14.6 Å². The molecule has 2 aromatic carbocycles. The normalized spacial score (nSPS) is 15.6. The van der Waals surface area contributed by atoms with Crippen molar-refractivity contribution in [1.29, 1.82) is 0 Å². The lowest BCUT2D eigenvalue weighted by Gasteiger charge is -2.42. The fraction of sp³-hybridized carbons (Fsp3) is 0.333. The predicted octanol–water partition coefficient (Wildman–Crippen LogP) is 2.41. The van der Waals surface area contributed by atoms with Gasteiger partial charge in [-0.2, -0.15) is 4.68 Å². The van der Waals surface area contributed by atoms with Crippen molar-refractivity contribution < 1.29 is 14.6 Å². The Balaban J connectivity index is 1.66. The molecule has 0 spiro atoms. The zero-order chi connectivity index (χ0) is 32.1. The average Bonchev–Trinajstić information content (AvgIpc) is 3.91. The van der Waals surface area contributed by atoms with Gasteiger partial charge in [-0.15, -0.1) is 15.3 Å². The molecule has 4 heterocycles. The molecule has 4 unspecified atom stereocenters. The standard InChI is InChI=1S/C30H33N13O3/c1-5-20-46-29(27-33-36-40-43(27)25-16-18-31-19-17-25,26-32-35-38-41(26)21(2)23-12-8-6-9-13-23)30(44,45-4)28-34-37-39-42(28)22(3)24-14-10-7-11-15-24/h6-19,21-22,44H,5,20H2,1-4H3. The average molecular weight is 624 g/mol. The van der Waals surface area contributed by atoms with E-state index < -0.39 is 23.5 Å². The first-order valence-corrected chi connectivity index (χ1v) is 14.7. The maximum Gasteiger partial charge on any atom is 0.275 e. The zero-order valence-electron chi connectivity index (χ0n) is 25.7. The first kappa shape index (κ1) is 30.7. The summed E-state index contributed by atoms with van der Waals surface area (Å²) in [5, 5.41) is 51.3. The van der Waals surface area contributed by atoms with Crippen LogP contribution in [0.5, 0.6) is 0 Å². The van der Waals surface area contributed by atoms with Crippen LogP contribution < -0.4 is 0 Å². The van der Waals surface area contributed by atoms with E-state index >= 15 is 0 Å². The third-order valence-electron chi connectivity index (χ3n) is 7.89. The van der Waals surface area contributed by atoms with Gasteiger partial charge in [0.1, 0.15) is 0 Å². The second kappa shape index (κ2) is 13.0. The van der Waals surface area contributed by atoms with Gasteiger partial charge in [0.2, 0.25) is 11.6 Å². The Morgan fingerprint density at radius 3 is 1.80 bits per heavy atom. The van der Waals surface area contributed by atoms with Gasteiger partial charge in [0.15, 0.2) is 5.82 Å². The first-order valence-electron chi connectivity index (χ1n) is 14.7. The molecule has 0 bridgehead atoms. The monoisotopic (exact) mass is 623 g/mol. The first-order chi connectivity index (χ1) is 22.5. The van der Waals surface area contributed by atoms with E-state index in [2.05, 4.69) is 51.6 Å². The van der Waals surface area contributed by atoms with Crippen molar-refractivity contribution in [3.05, 3.63) is 114 Å². The highest BCUT2D eigenvalue weighted by Crippen LogP contribution is 2.48. The number of aliphatic hydroxyl groups is 1. The summed E-state index contributed by atoms with van der Waals surface area (Å²) in [5.74, 6) is -2.55. The third kappa shape index (κ3) is 5.11. The van der Waals surface area contributed by atoms with Crippen LogP contribution in [-0.2, 0) is 20.9 Å². The van der Waals surface area contributed by atoms with Crippen LogP contribution in [0.15, 0.2) is 85.2 Å². The van der Waals surface area contributed by atoms with E-state index in [0.29, 0.717) is 12.1 Å². The molecule has 0 aliphatic heterocycles. The highest BCUT2D eigenvalue weighted by Gasteiger charge is 2.66. The van der Waals surface area contributed by atoms with Crippen molar-refractivity contribution in [2.24, 2.45) is 0 Å². The number of methoxy groups -OCH3 is 1. The van der Waals surface area contributed by atoms with Crippen molar-refractivity contribution in [1.82, 2.24) is 65.6 Å². The highest BCUT2D eigenvalue weighted by atomic mass is 16.7. The lowest BCUT2D eigenvalue weighted by molar-refractivity contribution is -0.316. The predicted molar refractivity (Wildman–Crippen MR) is 161 cm³/mol. The SMILES string of the molecule is CCCOC(c1nnnn1-c1ccncc1)(c1nnnn1C(C)c1ccccc1)C(O)(OC)c1nnnn1C(C)c1ccccc1.